The normalized spacial score (nSPS) is 13.9. The predicted octanol–water partition coefficient (Wildman–Crippen LogP) is 16.1. The fraction of sp³-hybridized carbons (Fsp3) is 0.239. The highest BCUT2D eigenvalue weighted by atomic mass is 16.3. The zero-order chi connectivity index (χ0) is 54.1. The Balaban J connectivity index is 1.31. The standard InChI is InChI=1S/C71H72BN3O/c1-18-26-54-55-40-57-61(41-60(55)73(58(54)20-3)51-27-22-21-23-28-51)75(66-42(4)33-47(34-43(66)5)52(19-2)68-46(8)53-29-24-25-30-64(53)76-68)63-39-50(71(15,16)17)38-62-65(63)72(57)56-37-48(69(9,10)11)31-32-59(56)74(62)67-44(6)35-49(36-45(67)7)70(12,13)14/h18-41H,2-3,8H2,1,4-7,9-17H3/b26-18-,68-52-. The molecule has 0 N–H and O–H groups in total. The maximum atomic E-state index is 6.59. The van der Waals surface area contributed by atoms with E-state index in [9.17, 15) is 0 Å². The lowest BCUT2D eigenvalue weighted by atomic mass is 9.33. The van der Waals surface area contributed by atoms with Gasteiger partial charge in [0.15, 0.2) is 0 Å². The summed E-state index contributed by atoms with van der Waals surface area (Å²) in [5, 5.41) is 3.07. The molecule has 2 aromatic heterocycles. The van der Waals surface area contributed by atoms with Crippen LogP contribution in [0.1, 0.15) is 125 Å². The molecule has 0 saturated carbocycles. The first kappa shape index (κ1) is 50.4. The van der Waals surface area contributed by atoms with E-state index in [-0.39, 0.29) is 23.0 Å². The molecule has 0 fully saturated rings. The number of aryl methyl sites for hydroxylation is 4. The Morgan fingerprint density at radius 3 is 1.68 bits per heavy atom. The number of anilines is 6. The van der Waals surface area contributed by atoms with E-state index in [4.69, 9.17) is 4.42 Å². The van der Waals surface area contributed by atoms with E-state index < -0.39 is 0 Å². The Bertz CT molecular complexity index is 4020. The van der Waals surface area contributed by atoms with Crippen molar-refractivity contribution in [2.75, 3.05) is 9.80 Å². The highest BCUT2D eigenvalue weighted by Crippen LogP contribution is 2.50. The van der Waals surface area contributed by atoms with Crippen LogP contribution in [0.2, 0.25) is 0 Å². The molecule has 0 unspecified atom stereocenters. The smallest absolute Gasteiger partial charge is 0.252 e. The third kappa shape index (κ3) is 7.87. The first-order valence-corrected chi connectivity index (χ1v) is 27.1. The molecule has 4 heterocycles. The van der Waals surface area contributed by atoms with Gasteiger partial charge >= 0.3 is 0 Å². The summed E-state index contributed by atoms with van der Waals surface area (Å²) < 4.78 is 8.99. The average molecular weight is 994 g/mol. The van der Waals surface area contributed by atoms with Crippen LogP contribution in [-0.2, 0) is 16.2 Å². The minimum absolute atomic E-state index is 0.00455. The second-order valence-electron chi connectivity index (χ2n) is 24.6. The molecule has 2 aliphatic rings. The number of allylic oxidation sites excluding steroid dienone is 2. The summed E-state index contributed by atoms with van der Waals surface area (Å²) >= 11 is 0. The van der Waals surface area contributed by atoms with Crippen molar-refractivity contribution < 1.29 is 4.42 Å². The molecule has 0 aliphatic carbocycles. The third-order valence-electron chi connectivity index (χ3n) is 16.3. The minimum Gasteiger partial charge on any atom is -0.455 e. The van der Waals surface area contributed by atoms with Crippen LogP contribution >= 0.6 is 0 Å². The monoisotopic (exact) mass is 994 g/mol. The van der Waals surface area contributed by atoms with Gasteiger partial charge in [-0.05, 0) is 172 Å². The minimum atomic E-state index is -0.193. The quantitative estimate of drug-likeness (QED) is 0.149. The van der Waals surface area contributed by atoms with Gasteiger partial charge in [-0.2, -0.15) is 0 Å². The number of rotatable bonds is 7. The molecule has 0 radical (unpaired) electrons. The van der Waals surface area contributed by atoms with Crippen LogP contribution in [0.5, 0.6) is 0 Å². The van der Waals surface area contributed by atoms with Gasteiger partial charge in [-0.15, -0.1) is 0 Å². The largest absolute Gasteiger partial charge is 0.455 e. The Hall–Kier alpha value is -7.76. The number of fused-ring (bicyclic) bond motifs is 6. The molecule has 380 valence electrons. The Kier molecular flexibility index (Phi) is 11.9. The average Bonchev–Trinajstić information content (AvgIpc) is 4.02. The number of para-hydroxylation sites is 2. The molecule has 0 saturated heterocycles. The number of furan rings is 1. The number of aromatic nitrogens is 1. The SMILES string of the molecule is C=C/C(c1cc(C)c(N2c3cc4c(cc3B3c5cc(C(C)(C)C)ccc5N(c5c(C)cc(C(C)(C)C)cc5C)c5cc(C(C)(C)C)cc2c53)c(/C=C\C)c(C=C)n4-c2ccccc2)c(C)c1)=c1/oc2ccccc2c1=C. The second-order valence-corrected chi connectivity index (χ2v) is 24.6. The van der Waals surface area contributed by atoms with E-state index in [0.717, 1.165) is 77.7 Å². The van der Waals surface area contributed by atoms with Crippen molar-refractivity contribution >= 4 is 103 Å². The Morgan fingerprint density at radius 1 is 0.566 bits per heavy atom. The van der Waals surface area contributed by atoms with Gasteiger partial charge in [0.1, 0.15) is 11.0 Å². The fourth-order valence-electron chi connectivity index (χ4n) is 12.5. The molecule has 9 aromatic rings. The van der Waals surface area contributed by atoms with Crippen LogP contribution < -0.4 is 36.8 Å². The topological polar surface area (TPSA) is 24.6 Å². The molecule has 5 heteroatoms. The van der Waals surface area contributed by atoms with Crippen LogP contribution in [0.3, 0.4) is 0 Å². The van der Waals surface area contributed by atoms with E-state index in [2.05, 4.69) is 246 Å². The summed E-state index contributed by atoms with van der Waals surface area (Å²) in [4.78, 5) is 5.26. The van der Waals surface area contributed by atoms with Crippen molar-refractivity contribution in [2.24, 2.45) is 0 Å². The van der Waals surface area contributed by atoms with Crippen LogP contribution in [-0.4, -0.2) is 11.3 Å². The molecule has 0 atom stereocenters. The van der Waals surface area contributed by atoms with Gasteiger partial charge in [0.05, 0.1) is 22.6 Å². The van der Waals surface area contributed by atoms with Crippen molar-refractivity contribution in [1.82, 2.24) is 4.57 Å². The number of hydrogen-bond donors (Lipinski definition) is 0. The lowest BCUT2D eigenvalue weighted by Gasteiger charge is -2.46. The van der Waals surface area contributed by atoms with Gasteiger partial charge < -0.3 is 18.8 Å². The summed E-state index contributed by atoms with van der Waals surface area (Å²) in [7, 11) is 0. The van der Waals surface area contributed by atoms with Gasteiger partial charge in [0.25, 0.3) is 6.71 Å². The van der Waals surface area contributed by atoms with E-state index in [1.165, 1.54) is 72.3 Å². The molecule has 2 aliphatic heterocycles. The van der Waals surface area contributed by atoms with Crippen molar-refractivity contribution in [3.8, 4) is 5.69 Å². The Morgan fingerprint density at radius 2 is 1.12 bits per heavy atom. The first-order chi connectivity index (χ1) is 36.0. The van der Waals surface area contributed by atoms with Gasteiger partial charge in [0, 0.05) is 55.6 Å². The fourth-order valence-corrected chi connectivity index (χ4v) is 12.5. The predicted molar refractivity (Wildman–Crippen MR) is 331 cm³/mol. The lowest BCUT2D eigenvalue weighted by Crippen LogP contribution is -2.61. The van der Waals surface area contributed by atoms with Gasteiger partial charge in [0.2, 0.25) is 0 Å². The summed E-state index contributed by atoms with van der Waals surface area (Å²) in [5.41, 5.74) is 27.5. The number of benzene rings is 7. The van der Waals surface area contributed by atoms with Crippen molar-refractivity contribution in [3.63, 3.8) is 0 Å². The molecular weight excluding hydrogens is 922 g/mol. The van der Waals surface area contributed by atoms with Gasteiger partial charge in [-0.3, -0.25) is 0 Å². The molecule has 11 rings (SSSR count). The molecule has 0 amide bonds. The number of nitrogens with zero attached hydrogens (tertiary/aromatic N) is 3. The maximum Gasteiger partial charge on any atom is 0.252 e. The Labute approximate surface area is 451 Å². The number of hydrogen-bond acceptors (Lipinski definition) is 3. The highest BCUT2D eigenvalue weighted by Gasteiger charge is 2.46. The van der Waals surface area contributed by atoms with Crippen molar-refractivity contribution in [3.05, 3.63) is 213 Å². The van der Waals surface area contributed by atoms with E-state index in [1.54, 1.807) is 0 Å². The van der Waals surface area contributed by atoms with Crippen molar-refractivity contribution in [2.45, 2.75) is 113 Å². The molecule has 0 spiro atoms. The molecular formula is C71H72BN3O. The van der Waals surface area contributed by atoms with Crippen LogP contribution in [0.25, 0.3) is 51.9 Å². The molecule has 0 bridgehead atoms. The zero-order valence-corrected chi connectivity index (χ0v) is 47.3. The summed E-state index contributed by atoms with van der Waals surface area (Å²) in [6.45, 7) is 45.6. The first-order valence-electron chi connectivity index (χ1n) is 27.1. The third-order valence-corrected chi connectivity index (χ3v) is 16.3. The van der Waals surface area contributed by atoms with Gasteiger partial charge in [-0.1, -0.05) is 167 Å². The summed E-state index contributed by atoms with van der Waals surface area (Å²) in [6, 6.07) is 45.8. The van der Waals surface area contributed by atoms with Crippen molar-refractivity contribution in [1.29, 1.82) is 0 Å². The van der Waals surface area contributed by atoms with E-state index in [1.807, 2.05) is 30.4 Å². The summed E-state index contributed by atoms with van der Waals surface area (Å²) in [5.74, 6) is 0. The van der Waals surface area contributed by atoms with Crippen LogP contribution in [0.15, 0.2) is 151 Å². The molecule has 76 heavy (non-hydrogen) atoms. The van der Waals surface area contributed by atoms with E-state index >= 15 is 0 Å². The van der Waals surface area contributed by atoms with Crippen LogP contribution in [0, 0.1) is 27.7 Å². The highest BCUT2D eigenvalue weighted by molar-refractivity contribution is 7.00. The molecule has 4 nitrogen and oxygen atoms in total. The van der Waals surface area contributed by atoms with E-state index in [0.29, 0.717) is 0 Å². The van der Waals surface area contributed by atoms with Gasteiger partial charge in [-0.25, -0.2) is 0 Å². The maximum absolute atomic E-state index is 6.59. The van der Waals surface area contributed by atoms with Crippen LogP contribution in [0.4, 0.5) is 34.1 Å². The summed E-state index contributed by atoms with van der Waals surface area (Å²) in [6.07, 6.45) is 8.38. The molecule has 7 aromatic carbocycles. The lowest BCUT2D eigenvalue weighted by molar-refractivity contribution is 0.573. The zero-order valence-electron chi connectivity index (χ0n) is 47.3. The second kappa shape index (κ2) is 17.9.